The van der Waals surface area contributed by atoms with Crippen molar-refractivity contribution in [1.29, 1.82) is 0 Å². The highest BCUT2D eigenvalue weighted by Gasteiger charge is 2.22. The van der Waals surface area contributed by atoms with Gasteiger partial charge in [0.2, 0.25) is 0 Å². The number of aryl methyl sites for hydroxylation is 1. The lowest BCUT2D eigenvalue weighted by Crippen LogP contribution is -2.30. The van der Waals surface area contributed by atoms with E-state index in [1.165, 1.54) is 28.2 Å². The summed E-state index contributed by atoms with van der Waals surface area (Å²) in [7, 11) is 0. The summed E-state index contributed by atoms with van der Waals surface area (Å²) in [5.41, 5.74) is 4.74. The van der Waals surface area contributed by atoms with Gasteiger partial charge < -0.3 is 5.32 Å². The van der Waals surface area contributed by atoms with E-state index < -0.39 is 0 Å². The first-order valence-electron chi connectivity index (χ1n) is 8.53. The van der Waals surface area contributed by atoms with Gasteiger partial charge in [0.25, 0.3) is 5.91 Å². The molecule has 124 valence electrons. The van der Waals surface area contributed by atoms with Crippen LogP contribution in [0.3, 0.4) is 0 Å². The van der Waals surface area contributed by atoms with Crippen LogP contribution >= 0.6 is 23.5 Å². The molecule has 1 saturated heterocycles. The van der Waals surface area contributed by atoms with Crippen molar-refractivity contribution in [2.45, 2.75) is 29.9 Å². The summed E-state index contributed by atoms with van der Waals surface area (Å²) >= 11 is 3.99. The zero-order valence-electron chi connectivity index (χ0n) is 13.5. The quantitative estimate of drug-likeness (QED) is 0.842. The molecule has 2 nitrogen and oxygen atoms in total. The average molecular weight is 356 g/mol. The molecule has 1 atom stereocenters. The second kappa shape index (κ2) is 7.24. The minimum Gasteiger partial charge on any atom is -0.345 e. The largest absolute Gasteiger partial charge is 0.345 e. The number of fused-ring (bicyclic) bond motifs is 1. The highest BCUT2D eigenvalue weighted by atomic mass is 32.2. The molecule has 4 heteroatoms. The molecule has 1 aliphatic heterocycles. The summed E-state index contributed by atoms with van der Waals surface area (Å²) in [5, 5.41) is 3.23. The van der Waals surface area contributed by atoms with Crippen LogP contribution in [-0.4, -0.2) is 17.4 Å². The Morgan fingerprint density at radius 2 is 1.75 bits per heavy atom. The lowest BCUT2D eigenvalue weighted by Gasteiger charge is -2.26. The Kier molecular flexibility index (Phi) is 4.86. The van der Waals surface area contributed by atoms with E-state index in [1.54, 1.807) is 0 Å². The van der Waals surface area contributed by atoms with Crippen LogP contribution in [0.1, 0.15) is 50.5 Å². The number of rotatable bonds is 3. The van der Waals surface area contributed by atoms with E-state index in [0.717, 1.165) is 24.8 Å². The van der Waals surface area contributed by atoms with Crippen LogP contribution in [0.15, 0.2) is 48.5 Å². The number of carbonyl (C=O) groups is 1. The van der Waals surface area contributed by atoms with Crippen LogP contribution in [0.5, 0.6) is 0 Å². The van der Waals surface area contributed by atoms with E-state index in [1.807, 2.05) is 35.7 Å². The third-order valence-corrected chi connectivity index (χ3v) is 7.85. The van der Waals surface area contributed by atoms with Crippen molar-refractivity contribution in [2.24, 2.45) is 0 Å². The zero-order chi connectivity index (χ0) is 16.4. The van der Waals surface area contributed by atoms with Crippen molar-refractivity contribution >= 4 is 29.4 Å². The molecule has 1 aliphatic carbocycles. The molecule has 2 aromatic carbocycles. The third kappa shape index (κ3) is 3.35. The van der Waals surface area contributed by atoms with Gasteiger partial charge in [-0.05, 0) is 48.1 Å². The molecule has 1 amide bonds. The van der Waals surface area contributed by atoms with E-state index in [2.05, 4.69) is 41.7 Å². The maximum Gasteiger partial charge on any atom is 0.251 e. The Bertz CT molecular complexity index is 723. The summed E-state index contributed by atoms with van der Waals surface area (Å²) in [5.74, 6) is 2.48. The maximum absolute atomic E-state index is 12.6. The maximum atomic E-state index is 12.6. The molecule has 0 radical (unpaired) electrons. The summed E-state index contributed by atoms with van der Waals surface area (Å²) in [6.07, 6.45) is 3.28. The van der Waals surface area contributed by atoms with Gasteiger partial charge in [0.15, 0.2) is 0 Å². The fraction of sp³-hybridized carbons (Fsp3) is 0.350. The van der Waals surface area contributed by atoms with E-state index in [9.17, 15) is 4.79 Å². The highest BCUT2D eigenvalue weighted by molar-refractivity contribution is 8.19. The highest BCUT2D eigenvalue weighted by Crippen LogP contribution is 2.45. The van der Waals surface area contributed by atoms with Crippen molar-refractivity contribution < 1.29 is 4.79 Å². The fourth-order valence-electron chi connectivity index (χ4n) is 3.49. The summed E-state index contributed by atoms with van der Waals surface area (Å²) in [6, 6.07) is 16.8. The topological polar surface area (TPSA) is 29.1 Å². The number of carbonyl (C=O) groups excluding carboxylic acids is 1. The zero-order valence-corrected chi connectivity index (χ0v) is 15.2. The van der Waals surface area contributed by atoms with E-state index in [-0.39, 0.29) is 11.9 Å². The van der Waals surface area contributed by atoms with Crippen molar-refractivity contribution in [1.82, 2.24) is 5.32 Å². The number of amides is 1. The number of nitrogens with one attached hydrogen (secondary N) is 1. The molecule has 4 rings (SSSR count). The van der Waals surface area contributed by atoms with E-state index >= 15 is 0 Å². The molecule has 1 N–H and O–H groups in total. The second-order valence-corrected chi connectivity index (χ2v) is 9.04. The molecule has 1 heterocycles. The molecule has 0 spiro atoms. The molecule has 0 bridgehead atoms. The summed E-state index contributed by atoms with van der Waals surface area (Å²) in [4.78, 5) is 12.6. The lowest BCUT2D eigenvalue weighted by molar-refractivity contribution is 0.0933. The Balaban J connectivity index is 1.47. The van der Waals surface area contributed by atoms with Crippen LogP contribution in [0.2, 0.25) is 0 Å². The van der Waals surface area contributed by atoms with Crippen molar-refractivity contribution in [3.05, 3.63) is 70.8 Å². The minimum atomic E-state index is 0.0370. The van der Waals surface area contributed by atoms with Crippen LogP contribution < -0.4 is 5.32 Å². The lowest BCUT2D eigenvalue weighted by atomic mass is 9.87. The molecule has 0 saturated carbocycles. The van der Waals surface area contributed by atoms with Gasteiger partial charge in [0, 0.05) is 17.1 Å². The normalized spacial score (nSPS) is 20.6. The molecule has 2 aromatic rings. The van der Waals surface area contributed by atoms with Crippen LogP contribution in [0, 0.1) is 0 Å². The Morgan fingerprint density at radius 1 is 1.00 bits per heavy atom. The standard InChI is InChI=1S/C20H21NOS2/c22-19(15-8-10-16(11-9-15)20-23-12-13-24-20)21-18-7-3-5-14-4-1-2-6-17(14)18/h1-2,4,6,8-11,18,20H,3,5,7,12-13H2,(H,21,22)/t18-/m1/s1. The van der Waals surface area contributed by atoms with Gasteiger partial charge in [-0.3, -0.25) is 4.79 Å². The van der Waals surface area contributed by atoms with Crippen molar-refractivity contribution in [2.75, 3.05) is 11.5 Å². The molecular weight excluding hydrogens is 334 g/mol. The first kappa shape index (κ1) is 16.1. The fourth-order valence-corrected chi connectivity index (χ4v) is 6.35. The second-order valence-electron chi connectivity index (χ2n) is 6.31. The van der Waals surface area contributed by atoms with Gasteiger partial charge >= 0.3 is 0 Å². The smallest absolute Gasteiger partial charge is 0.251 e. The van der Waals surface area contributed by atoms with Crippen LogP contribution in [-0.2, 0) is 6.42 Å². The molecule has 2 aliphatic rings. The van der Waals surface area contributed by atoms with Gasteiger partial charge in [-0.15, -0.1) is 23.5 Å². The van der Waals surface area contributed by atoms with Gasteiger partial charge in [-0.2, -0.15) is 0 Å². The van der Waals surface area contributed by atoms with Gasteiger partial charge in [0.1, 0.15) is 0 Å². The number of benzene rings is 2. The molecule has 0 aromatic heterocycles. The Hall–Kier alpha value is -1.39. The SMILES string of the molecule is O=C(N[C@@H]1CCCc2ccccc21)c1ccc(C2SCCS2)cc1. The summed E-state index contributed by atoms with van der Waals surface area (Å²) < 4.78 is 0.535. The third-order valence-electron chi connectivity index (χ3n) is 4.74. The number of thioether (sulfide) groups is 2. The predicted octanol–water partition coefficient (Wildman–Crippen LogP) is 4.97. The van der Waals surface area contributed by atoms with E-state index in [0.29, 0.717) is 4.58 Å². The van der Waals surface area contributed by atoms with Crippen molar-refractivity contribution in [3.8, 4) is 0 Å². The summed E-state index contributed by atoms with van der Waals surface area (Å²) in [6.45, 7) is 0. The van der Waals surface area contributed by atoms with Gasteiger partial charge in [0.05, 0.1) is 10.6 Å². The molecule has 24 heavy (non-hydrogen) atoms. The Labute approximate surface area is 151 Å². The first-order valence-corrected chi connectivity index (χ1v) is 10.6. The molecular formula is C20H21NOS2. The van der Waals surface area contributed by atoms with Crippen molar-refractivity contribution in [3.63, 3.8) is 0 Å². The number of hydrogen-bond donors (Lipinski definition) is 1. The first-order chi connectivity index (χ1) is 11.8. The van der Waals surface area contributed by atoms with Crippen LogP contribution in [0.25, 0.3) is 0 Å². The van der Waals surface area contributed by atoms with Gasteiger partial charge in [-0.1, -0.05) is 36.4 Å². The molecule has 1 fully saturated rings. The monoisotopic (exact) mass is 355 g/mol. The predicted molar refractivity (Wildman–Crippen MR) is 104 cm³/mol. The minimum absolute atomic E-state index is 0.0370. The van der Waals surface area contributed by atoms with Gasteiger partial charge in [-0.25, -0.2) is 0 Å². The van der Waals surface area contributed by atoms with Crippen LogP contribution in [0.4, 0.5) is 0 Å². The van der Waals surface area contributed by atoms with E-state index in [4.69, 9.17) is 0 Å². The molecule has 0 unspecified atom stereocenters. The Morgan fingerprint density at radius 3 is 2.54 bits per heavy atom. The number of hydrogen-bond acceptors (Lipinski definition) is 3. The average Bonchev–Trinajstić information content (AvgIpc) is 3.17.